The van der Waals surface area contributed by atoms with Crippen molar-refractivity contribution in [3.63, 3.8) is 0 Å². The molecule has 10 N–H and O–H groups in total. The Hall–Kier alpha value is -8.66. The summed E-state index contributed by atoms with van der Waals surface area (Å²) in [6, 6.07) is 8.36. The van der Waals surface area contributed by atoms with Gasteiger partial charge in [-0.1, -0.05) is 136 Å². The van der Waals surface area contributed by atoms with Crippen molar-refractivity contribution in [2.45, 2.75) is 208 Å². The zero-order valence-corrected chi connectivity index (χ0v) is 66.9. The van der Waals surface area contributed by atoms with Crippen LogP contribution in [0.5, 0.6) is 0 Å². The van der Waals surface area contributed by atoms with E-state index in [1.165, 1.54) is 30.8 Å². The molecule has 0 unspecified atom stereocenters. The van der Waals surface area contributed by atoms with E-state index < -0.39 is 126 Å². The maximum Gasteiger partial charge on any atom is 0.410 e. The summed E-state index contributed by atoms with van der Waals surface area (Å²) in [7, 11) is 5.96. The molecule has 1 fully saturated rings. The number of likely N-dealkylation sites (N-methyl/N-ethyl adjacent to an activating group) is 2. The Kier molecular flexibility index (Phi) is 40.3. The molecular formula is C77H124N14O18. The lowest BCUT2D eigenvalue weighted by atomic mass is 9.92. The molecular weight excluding hydrogens is 1410 g/mol. The van der Waals surface area contributed by atoms with Crippen LogP contribution in [0.15, 0.2) is 72.9 Å². The first-order chi connectivity index (χ1) is 51.6. The van der Waals surface area contributed by atoms with Crippen molar-refractivity contribution in [3.05, 3.63) is 89.8 Å². The molecule has 1 aliphatic rings. The van der Waals surface area contributed by atoms with E-state index in [0.717, 1.165) is 4.90 Å². The summed E-state index contributed by atoms with van der Waals surface area (Å²) >= 11 is 0. The highest BCUT2D eigenvalue weighted by Crippen LogP contribution is 2.30. The lowest BCUT2D eigenvalue weighted by Gasteiger charge is -2.39. The average molecular weight is 1530 g/mol. The molecule has 0 spiro atoms. The summed E-state index contributed by atoms with van der Waals surface area (Å²) in [5.41, 5.74) is 7.93. The Morgan fingerprint density at radius 1 is 0.697 bits per heavy atom. The van der Waals surface area contributed by atoms with Gasteiger partial charge in [0.05, 0.1) is 108 Å². The van der Waals surface area contributed by atoms with Crippen molar-refractivity contribution in [1.29, 1.82) is 0 Å². The van der Waals surface area contributed by atoms with Crippen LogP contribution in [-0.2, 0) is 91.3 Å². The first kappa shape index (κ1) is 92.7. The summed E-state index contributed by atoms with van der Waals surface area (Å²) in [6.07, 6.45) is 0.0511. The number of aliphatic hydroxyl groups excluding tert-OH is 1. The van der Waals surface area contributed by atoms with Crippen molar-refractivity contribution in [2.75, 3.05) is 99.5 Å². The van der Waals surface area contributed by atoms with Crippen molar-refractivity contribution in [3.8, 4) is 0 Å². The number of nitrogens with one attached hydrogen (secondary N) is 7. The molecule has 610 valence electrons. The topological polar surface area (TPSA) is 406 Å². The number of ether oxygens (including phenoxy) is 7. The predicted octanol–water partition coefficient (Wildman–Crippen LogP) is 4.92. The van der Waals surface area contributed by atoms with E-state index in [1.54, 1.807) is 110 Å². The fourth-order valence-electron chi connectivity index (χ4n) is 12.5. The van der Waals surface area contributed by atoms with Crippen LogP contribution in [-0.4, -0.2) is 243 Å². The summed E-state index contributed by atoms with van der Waals surface area (Å²) in [5.74, 6) is -5.57. The second-order valence-corrected chi connectivity index (χ2v) is 29.8. The van der Waals surface area contributed by atoms with E-state index in [2.05, 4.69) is 54.1 Å². The van der Waals surface area contributed by atoms with Crippen LogP contribution in [0.25, 0.3) is 0 Å². The molecule has 2 heterocycles. The second-order valence-electron chi connectivity index (χ2n) is 29.8. The van der Waals surface area contributed by atoms with Crippen LogP contribution >= 0.6 is 0 Å². The Labute approximate surface area is 642 Å². The fraction of sp³-hybridized carbons (Fsp3) is 0.662. The van der Waals surface area contributed by atoms with Crippen molar-refractivity contribution < 1.29 is 86.2 Å². The molecule has 0 bridgehead atoms. The number of hydrogen-bond acceptors (Lipinski definition) is 20. The monoisotopic (exact) mass is 1530 g/mol. The number of methoxy groups -OCH3 is 2. The highest BCUT2D eigenvalue weighted by atomic mass is 16.6. The van der Waals surface area contributed by atoms with Crippen molar-refractivity contribution >= 4 is 65.1 Å². The van der Waals surface area contributed by atoms with Crippen LogP contribution in [0.2, 0.25) is 0 Å². The minimum Gasteiger partial charge on any atom is -0.445 e. The number of primary amides is 1. The van der Waals surface area contributed by atoms with Crippen molar-refractivity contribution in [2.24, 2.45) is 34.8 Å². The van der Waals surface area contributed by atoms with Crippen LogP contribution in [0, 0.1) is 29.1 Å². The van der Waals surface area contributed by atoms with E-state index in [0.29, 0.717) is 86.9 Å². The molecule has 109 heavy (non-hydrogen) atoms. The molecule has 3 aromatic rings. The maximum atomic E-state index is 14.8. The Balaban J connectivity index is 1.27. The number of hydrogen-bond donors (Lipinski definition) is 9. The van der Waals surface area contributed by atoms with Gasteiger partial charge in [-0.2, -0.15) is 0 Å². The number of amides is 11. The molecule has 11 atom stereocenters. The lowest BCUT2D eigenvalue weighted by molar-refractivity contribution is -0.145. The minimum atomic E-state index is -1.13. The smallest absolute Gasteiger partial charge is 0.410 e. The zero-order valence-electron chi connectivity index (χ0n) is 66.9. The Morgan fingerprint density at radius 3 is 1.90 bits per heavy atom. The number of urea groups is 1. The third-order valence-corrected chi connectivity index (χ3v) is 18.7. The lowest BCUT2D eigenvalue weighted by Crippen LogP contribution is -2.59. The molecule has 0 radical (unpaired) electrons. The zero-order chi connectivity index (χ0) is 81.1. The molecule has 32 heteroatoms. The Bertz CT molecular complexity index is 3350. The van der Waals surface area contributed by atoms with Crippen LogP contribution in [0.4, 0.5) is 15.3 Å². The molecule has 1 aliphatic heterocycles. The van der Waals surface area contributed by atoms with E-state index >= 15 is 0 Å². The average Bonchev–Trinajstić information content (AvgIpc) is 1.43. The molecule has 0 saturated carbocycles. The number of aromatic nitrogens is 3. The highest BCUT2D eigenvalue weighted by molar-refractivity contribution is 5.98. The molecule has 11 amide bonds. The third kappa shape index (κ3) is 31.7. The molecule has 32 nitrogen and oxygen atoms in total. The summed E-state index contributed by atoms with van der Waals surface area (Å²) in [4.78, 5) is 140. The van der Waals surface area contributed by atoms with Gasteiger partial charge in [-0.3, -0.25) is 43.3 Å². The van der Waals surface area contributed by atoms with Gasteiger partial charge < -0.3 is 91.0 Å². The largest absolute Gasteiger partial charge is 0.445 e. The summed E-state index contributed by atoms with van der Waals surface area (Å²) in [6.45, 7) is 29.1. The Morgan fingerprint density at radius 2 is 1.32 bits per heavy atom. The van der Waals surface area contributed by atoms with Gasteiger partial charge in [-0.15, -0.1) is 5.10 Å². The van der Waals surface area contributed by atoms with Gasteiger partial charge in [0, 0.05) is 60.1 Å². The number of nitrogens with zero attached hydrogens (tertiary/aromatic N) is 6. The number of nitrogens with two attached hydrogens (primary N) is 1. The fourth-order valence-corrected chi connectivity index (χ4v) is 12.5. The number of carbonyl (C=O) groups is 10. The number of anilines is 1. The second kappa shape index (κ2) is 47.4. The van der Waals surface area contributed by atoms with Gasteiger partial charge in [-0.25, -0.2) is 14.3 Å². The molecule has 4 rings (SSSR count). The normalized spacial score (nSPS) is 15.8. The number of rotatable bonds is 49. The van der Waals surface area contributed by atoms with E-state index in [9.17, 15) is 53.1 Å². The van der Waals surface area contributed by atoms with Gasteiger partial charge in [0.15, 0.2) is 0 Å². The van der Waals surface area contributed by atoms with Gasteiger partial charge in [0.1, 0.15) is 43.0 Å². The van der Waals surface area contributed by atoms with Gasteiger partial charge in [-0.05, 0) is 85.5 Å². The predicted molar refractivity (Wildman–Crippen MR) is 408 cm³/mol. The molecule has 1 aromatic heterocycles. The van der Waals surface area contributed by atoms with Gasteiger partial charge in [0.25, 0.3) is 0 Å². The summed E-state index contributed by atoms with van der Waals surface area (Å²) in [5, 5.41) is 38.5. The quantitative estimate of drug-likeness (QED) is 0.0267. The standard InChI is InChI=1S/C77H124N14O18/c1-18-51(8)67(60(103-16)42-63(94)91-34-23-27-59(91)69(104-17)52(9)70(96)81-53(10)68(95)55-24-20-19-21-25-55)88(14)74(100)65(49(4)5)85-73(99)66(50(6)7)89(15)76(102)109-45-54-28-30-56(31-29-54)82-71(97)58(26-22-33-79-75(78)101)83-72(98)64(48(2)3)84-61(92)32-35-105-36-37-106-38-39-107-40-41-108-46-57-43-90(87-86-57)44-62(93)80-47-77(11,12)13/h19-21,24-25,28-31,43,48-50,52-53,58-60,64-69,95H,8,18,22-23,26-27,32-42,44-47H2,1-7,9-17H3,(H,80,93)(H,81,96)(H,82,97)(H,83,98)(H,84,92)(H,85,99)(H3,78,79,101)/t52-,53-,58+,59+,60-,64+,65+,66+,67+,68-,69-/m1/s1. The number of benzene rings is 2. The highest BCUT2D eigenvalue weighted by Gasteiger charge is 2.44. The van der Waals surface area contributed by atoms with E-state index in [-0.39, 0.29) is 94.9 Å². The first-order valence-corrected chi connectivity index (χ1v) is 37.6. The minimum absolute atomic E-state index is 0.0315. The SMILES string of the molecule is C=C(CC)[C@@H]([C@@H](CC(=O)N1CCC[C@H]1[C@H](OC)[C@@H](C)C(=O)N[C@H](C)[C@@H](O)c1ccccc1)OC)N(C)C(=O)[C@@H](NC(=O)[C@H](C(C)C)N(C)C(=O)OCc1ccc(NC(=O)[C@H](CCCNC(N)=O)NC(=O)[C@@H](NC(=O)CCOCCOCCOCCOCc2cn(CC(=O)NCC(C)(C)C)nn2)C(C)C)cc1)C(C)C. The first-order valence-electron chi connectivity index (χ1n) is 37.6. The number of carbonyl (C=O) groups excluding carboxylic acids is 10. The molecule has 0 aliphatic carbocycles. The van der Waals surface area contributed by atoms with E-state index in [1.807, 2.05) is 45.9 Å². The van der Waals surface area contributed by atoms with Gasteiger partial charge >= 0.3 is 12.1 Å². The van der Waals surface area contributed by atoms with Crippen molar-refractivity contribution in [1.82, 2.24) is 61.6 Å². The van der Waals surface area contributed by atoms with Crippen LogP contribution < -0.4 is 43.0 Å². The number of likely N-dealkylation sites (tertiary alicyclic amines) is 1. The number of aliphatic hydroxyl groups is 1. The van der Waals surface area contributed by atoms with Gasteiger partial charge in [0.2, 0.25) is 47.3 Å². The van der Waals surface area contributed by atoms with E-state index in [4.69, 9.17) is 38.9 Å². The molecule has 2 aromatic carbocycles. The summed E-state index contributed by atoms with van der Waals surface area (Å²) < 4.78 is 41.5. The van der Waals surface area contributed by atoms with Crippen LogP contribution in [0.3, 0.4) is 0 Å². The van der Waals surface area contributed by atoms with Crippen LogP contribution in [0.1, 0.15) is 151 Å². The maximum absolute atomic E-state index is 14.8. The molecule has 1 saturated heterocycles. The third-order valence-electron chi connectivity index (χ3n) is 18.7.